The molecule has 5 rings (SSSR count). The lowest BCUT2D eigenvalue weighted by atomic mass is 9.98. The minimum absolute atomic E-state index is 0.0137. The summed E-state index contributed by atoms with van der Waals surface area (Å²) in [5.41, 5.74) is 1.89. The third-order valence-electron chi connectivity index (χ3n) is 7.18. The highest BCUT2D eigenvalue weighted by Gasteiger charge is 2.40. The van der Waals surface area contributed by atoms with Gasteiger partial charge in [0.25, 0.3) is 11.8 Å². The number of aliphatic imine (C=N–C) groups is 2. The van der Waals surface area contributed by atoms with Gasteiger partial charge in [0.1, 0.15) is 5.69 Å². The smallest absolute Gasteiger partial charge is 0.332 e. The lowest BCUT2D eigenvalue weighted by Crippen LogP contribution is -2.62. The molecule has 0 radical (unpaired) electrons. The van der Waals surface area contributed by atoms with Crippen molar-refractivity contribution in [2.45, 2.75) is 52.3 Å². The van der Waals surface area contributed by atoms with Crippen molar-refractivity contribution in [3.63, 3.8) is 0 Å². The lowest BCUT2D eigenvalue weighted by molar-refractivity contribution is -0.137. The van der Waals surface area contributed by atoms with Crippen molar-refractivity contribution in [1.29, 1.82) is 0 Å². The third-order valence-corrected chi connectivity index (χ3v) is 7.18. The first-order valence-corrected chi connectivity index (χ1v) is 13.0. The number of aromatic nitrogens is 3. The van der Waals surface area contributed by atoms with Crippen LogP contribution in [0, 0.1) is 0 Å². The molecule has 2 aliphatic heterocycles. The predicted octanol–water partition coefficient (Wildman–Crippen LogP) is 4.47. The van der Waals surface area contributed by atoms with Crippen LogP contribution in [0.3, 0.4) is 0 Å². The molecule has 3 aromatic rings. The molecule has 1 aromatic carbocycles. The number of carbonyl (C=O) groups excluding carboxylic acids is 2. The Hall–Kier alpha value is -4.09. The summed E-state index contributed by atoms with van der Waals surface area (Å²) in [6, 6.07) is 6.62. The fraction of sp³-hybridized carbons (Fsp3) is 0.429. The van der Waals surface area contributed by atoms with E-state index in [1.165, 1.54) is 16.6 Å². The van der Waals surface area contributed by atoms with E-state index in [9.17, 15) is 22.8 Å². The first kappa shape index (κ1) is 27.5. The number of rotatable bonds is 4. The summed E-state index contributed by atoms with van der Waals surface area (Å²) in [4.78, 5) is 43.0. The van der Waals surface area contributed by atoms with Gasteiger partial charge in [0, 0.05) is 36.5 Å². The highest BCUT2D eigenvalue weighted by Crippen LogP contribution is 2.32. The van der Waals surface area contributed by atoms with Crippen molar-refractivity contribution in [2.24, 2.45) is 9.98 Å². The van der Waals surface area contributed by atoms with Crippen LogP contribution in [0.1, 0.15) is 62.2 Å². The van der Waals surface area contributed by atoms with Crippen LogP contribution in [-0.2, 0) is 11.0 Å². The molecule has 0 spiro atoms. The molecule has 0 atom stereocenters. The number of hydrogen-bond donors (Lipinski definition) is 0. The van der Waals surface area contributed by atoms with Crippen molar-refractivity contribution in [1.82, 2.24) is 24.4 Å². The second kappa shape index (κ2) is 9.83. The molecule has 1 fully saturated rings. The van der Waals surface area contributed by atoms with E-state index in [0.29, 0.717) is 43.1 Å². The Kier molecular flexibility index (Phi) is 6.75. The number of piperazine rings is 1. The molecule has 40 heavy (non-hydrogen) atoms. The first-order valence-electron chi connectivity index (χ1n) is 13.0. The number of amides is 2. The normalized spacial score (nSPS) is 17.4. The Morgan fingerprint density at radius 3 is 2.33 bits per heavy atom. The number of hydrogen-bond acceptors (Lipinski definition) is 6. The monoisotopic (exact) mass is 553 g/mol. The van der Waals surface area contributed by atoms with Crippen molar-refractivity contribution in [3.8, 4) is 11.3 Å². The molecule has 2 aliphatic rings. The molecule has 0 aliphatic carbocycles. The minimum atomic E-state index is -4.43. The van der Waals surface area contributed by atoms with Gasteiger partial charge in [-0.3, -0.25) is 14.6 Å². The Morgan fingerprint density at radius 2 is 1.75 bits per heavy atom. The number of alkyl halides is 3. The highest BCUT2D eigenvalue weighted by molar-refractivity contribution is 6.41. The summed E-state index contributed by atoms with van der Waals surface area (Å²) in [6.45, 7) is 10.9. The molecular weight excluding hydrogens is 523 g/mol. The molecule has 2 aromatic heterocycles. The van der Waals surface area contributed by atoms with Gasteiger partial charge in [-0.2, -0.15) is 18.3 Å². The zero-order valence-corrected chi connectivity index (χ0v) is 23.0. The highest BCUT2D eigenvalue weighted by atomic mass is 19.4. The molecule has 4 heterocycles. The van der Waals surface area contributed by atoms with Crippen LogP contribution in [0.25, 0.3) is 16.9 Å². The van der Waals surface area contributed by atoms with Crippen molar-refractivity contribution in [3.05, 3.63) is 53.3 Å². The van der Waals surface area contributed by atoms with Gasteiger partial charge in [-0.1, -0.05) is 26.0 Å². The van der Waals surface area contributed by atoms with E-state index < -0.39 is 17.3 Å². The topological polar surface area (TPSA) is 95.5 Å². The molecule has 0 N–H and O–H groups in total. The van der Waals surface area contributed by atoms with E-state index in [1.54, 1.807) is 22.1 Å². The van der Waals surface area contributed by atoms with Crippen LogP contribution >= 0.6 is 0 Å². The van der Waals surface area contributed by atoms with Crippen LogP contribution in [0.15, 0.2) is 46.5 Å². The molecule has 12 heteroatoms. The SMILES string of the molecule is CC1=NC(C(=O)N2CCN(C(=O)c3cn4nc(-c5ccc(C(F)(F)F)cc5)cc(C(C)C)c4n3)C(C)(C)C2)=NC1. The predicted molar refractivity (Wildman–Crippen MR) is 145 cm³/mol. The molecule has 9 nitrogen and oxygen atoms in total. The summed E-state index contributed by atoms with van der Waals surface area (Å²) in [6.07, 6.45) is -2.88. The zero-order chi connectivity index (χ0) is 29.0. The summed E-state index contributed by atoms with van der Waals surface area (Å²) < 4.78 is 40.6. The van der Waals surface area contributed by atoms with Gasteiger partial charge in [0.2, 0.25) is 5.84 Å². The van der Waals surface area contributed by atoms with Crippen LogP contribution in [-0.4, -0.2) is 79.5 Å². The quantitative estimate of drug-likeness (QED) is 0.476. The van der Waals surface area contributed by atoms with Gasteiger partial charge in [-0.15, -0.1) is 0 Å². The summed E-state index contributed by atoms with van der Waals surface area (Å²) >= 11 is 0. The van der Waals surface area contributed by atoms with Crippen molar-refractivity contribution >= 4 is 29.0 Å². The summed E-state index contributed by atoms with van der Waals surface area (Å²) in [7, 11) is 0. The second-order valence-electron chi connectivity index (χ2n) is 11.1. The standard InChI is InChI=1S/C28H30F3N7O2/c1-16(2)20-12-21(18-6-8-19(9-7-18)28(29,30)31)35-38-14-22(34-24(20)38)25(39)37-11-10-36(15-27(37,4)5)26(40)23-32-13-17(3)33-23/h6-9,12,14,16H,10-11,13,15H2,1-5H3. The number of benzene rings is 1. The number of amidine groups is 1. The fourth-order valence-electron chi connectivity index (χ4n) is 5.04. The van der Waals surface area contributed by atoms with E-state index >= 15 is 0 Å². The van der Waals surface area contributed by atoms with E-state index in [4.69, 9.17) is 0 Å². The molecule has 0 saturated carbocycles. The number of imidazole rings is 1. The van der Waals surface area contributed by atoms with E-state index in [0.717, 1.165) is 23.4 Å². The van der Waals surface area contributed by atoms with Crippen LogP contribution in [0.2, 0.25) is 0 Å². The summed E-state index contributed by atoms with van der Waals surface area (Å²) in [5, 5.41) is 4.57. The van der Waals surface area contributed by atoms with Crippen LogP contribution in [0.5, 0.6) is 0 Å². The van der Waals surface area contributed by atoms with Crippen LogP contribution < -0.4 is 0 Å². The van der Waals surface area contributed by atoms with Gasteiger partial charge in [0.15, 0.2) is 5.65 Å². The molecule has 210 valence electrons. The van der Waals surface area contributed by atoms with E-state index in [-0.39, 0.29) is 29.3 Å². The molecular formula is C28H30F3N7O2. The molecule has 2 amide bonds. The maximum atomic E-state index is 13.7. The van der Waals surface area contributed by atoms with E-state index in [1.807, 2.05) is 34.6 Å². The van der Waals surface area contributed by atoms with Gasteiger partial charge >= 0.3 is 6.18 Å². The number of halogens is 3. The first-order chi connectivity index (χ1) is 18.7. The maximum absolute atomic E-state index is 13.7. The number of carbonyl (C=O) groups is 2. The maximum Gasteiger partial charge on any atom is 0.416 e. The number of nitrogens with zero attached hydrogens (tertiary/aromatic N) is 7. The molecule has 1 saturated heterocycles. The van der Waals surface area contributed by atoms with Gasteiger partial charge < -0.3 is 9.80 Å². The van der Waals surface area contributed by atoms with Gasteiger partial charge in [-0.25, -0.2) is 14.5 Å². The van der Waals surface area contributed by atoms with Crippen LogP contribution in [0.4, 0.5) is 13.2 Å². The van der Waals surface area contributed by atoms with Crippen molar-refractivity contribution in [2.75, 3.05) is 26.2 Å². The largest absolute Gasteiger partial charge is 0.416 e. The van der Waals surface area contributed by atoms with Crippen molar-refractivity contribution < 1.29 is 22.8 Å². The van der Waals surface area contributed by atoms with Gasteiger partial charge in [-0.05, 0) is 44.9 Å². The Labute approximate surface area is 229 Å². The lowest BCUT2D eigenvalue weighted by Gasteiger charge is -2.46. The Morgan fingerprint density at radius 1 is 1.05 bits per heavy atom. The van der Waals surface area contributed by atoms with Gasteiger partial charge in [0.05, 0.1) is 29.5 Å². The average molecular weight is 554 g/mol. The fourth-order valence-corrected chi connectivity index (χ4v) is 5.04. The third kappa shape index (κ3) is 5.09. The number of fused-ring (bicyclic) bond motifs is 1. The minimum Gasteiger partial charge on any atom is -0.332 e. The Balaban J connectivity index is 1.42. The average Bonchev–Trinajstić information content (AvgIpc) is 3.52. The Bertz CT molecular complexity index is 1550. The van der Waals surface area contributed by atoms with E-state index in [2.05, 4.69) is 20.1 Å². The molecule has 0 unspecified atom stereocenters. The zero-order valence-electron chi connectivity index (χ0n) is 23.0. The second-order valence-corrected chi connectivity index (χ2v) is 11.1. The summed E-state index contributed by atoms with van der Waals surface area (Å²) in [5.74, 6) is -0.323. The molecule has 0 bridgehead atoms.